The molecule has 20 heavy (non-hydrogen) atoms. The molecule has 0 spiro atoms. The number of benzene rings is 1. The van der Waals surface area contributed by atoms with Crippen LogP contribution in [0.25, 0.3) is 0 Å². The van der Waals surface area contributed by atoms with E-state index < -0.39 is 5.54 Å². The van der Waals surface area contributed by atoms with E-state index in [0.717, 1.165) is 31.6 Å². The molecule has 2 atom stereocenters. The number of nitriles is 1. The molecule has 1 aromatic rings. The second-order valence-electron chi connectivity index (χ2n) is 5.88. The van der Waals surface area contributed by atoms with E-state index in [1.807, 2.05) is 30.3 Å². The predicted molar refractivity (Wildman–Crippen MR) is 81.1 cm³/mol. The Bertz CT molecular complexity index is 467. The lowest BCUT2D eigenvalue weighted by Gasteiger charge is -2.34. The van der Waals surface area contributed by atoms with E-state index in [1.54, 1.807) is 0 Å². The molecule has 1 saturated heterocycles. The van der Waals surface area contributed by atoms with Crippen molar-refractivity contribution in [1.82, 2.24) is 9.80 Å². The van der Waals surface area contributed by atoms with Crippen LogP contribution in [0.3, 0.4) is 0 Å². The van der Waals surface area contributed by atoms with Gasteiger partial charge in [0.25, 0.3) is 0 Å². The monoisotopic (exact) mass is 272 g/mol. The largest absolute Gasteiger partial charge is 0.309 e. The molecule has 0 aliphatic carbocycles. The summed E-state index contributed by atoms with van der Waals surface area (Å²) in [5.41, 5.74) is 6.34. The van der Waals surface area contributed by atoms with E-state index in [2.05, 4.69) is 29.8 Å². The molecule has 0 radical (unpaired) electrons. The normalized spacial score (nSPS) is 24.6. The van der Waals surface area contributed by atoms with Gasteiger partial charge in [-0.1, -0.05) is 30.3 Å². The maximum absolute atomic E-state index is 9.57. The Balaban J connectivity index is 2.15. The minimum atomic E-state index is -0.932. The summed E-state index contributed by atoms with van der Waals surface area (Å²) in [6, 6.07) is 12.4. The molecule has 1 fully saturated rings. The zero-order valence-electron chi connectivity index (χ0n) is 12.4. The van der Waals surface area contributed by atoms with Crippen LogP contribution >= 0.6 is 0 Å². The fourth-order valence-corrected chi connectivity index (χ4v) is 2.90. The molecule has 4 nitrogen and oxygen atoms in total. The quantitative estimate of drug-likeness (QED) is 0.903. The van der Waals surface area contributed by atoms with Gasteiger partial charge in [0.1, 0.15) is 5.54 Å². The molecular weight excluding hydrogens is 248 g/mol. The van der Waals surface area contributed by atoms with Gasteiger partial charge >= 0.3 is 0 Å². The van der Waals surface area contributed by atoms with Crippen molar-refractivity contribution in [2.24, 2.45) is 5.73 Å². The first kappa shape index (κ1) is 15.0. The molecule has 2 N–H and O–H groups in total. The summed E-state index contributed by atoms with van der Waals surface area (Å²) in [6.45, 7) is 5.93. The van der Waals surface area contributed by atoms with Gasteiger partial charge in [-0.2, -0.15) is 5.26 Å². The number of likely N-dealkylation sites (N-methyl/N-ethyl adjacent to an activating group) is 1. The van der Waals surface area contributed by atoms with Crippen molar-refractivity contribution in [1.29, 1.82) is 5.26 Å². The van der Waals surface area contributed by atoms with Crippen LogP contribution in [-0.4, -0.2) is 49.1 Å². The third-order valence-electron chi connectivity index (χ3n) is 4.13. The van der Waals surface area contributed by atoms with Crippen molar-refractivity contribution in [2.45, 2.75) is 24.9 Å². The van der Waals surface area contributed by atoms with E-state index in [1.165, 1.54) is 0 Å². The first-order valence-corrected chi connectivity index (χ1v) is 7.23. The van der Waals surface area contributed by atoms with Gasteiger partial charge in [-0.3, -0.25) is 4.90 Å². The standard InChI is InChI=1S/C16H24N4/c1-14-11-19(2)9-6-10-20(14)13-16(18,12-17)15-7-4-3-5-8-15/h3-5,7-8,14H,6,9-11,13,18H2,1-2H3. The number of rotatable bonds is 3. The second-order valence-corrected chi connectivity index (χ2v) is 5.88. The fraction of sp³-hybridized carbons (Fsp3) is 0.562. The smallest absolute Gasteiger partial charge is 0.142 e. The molecule has 1 aliphatic heterocycles. The highest BCUT2D eigenvalue weighted by molar-refractivity contribution is 5.31. The zero-order chi connectivity index (χ0) is 14.6. The van der Waals surface area contributed by atoms with E-state index in [0.29, 0.717) is 12.6 Å². The van der Waals surface area contributed by atoms with Crippen LogP contribution < -0.4 is 5.73 Å². The predicted octanol–water partition coefficient (Wildman–Crippen LogP) is 1.39. The van der Waals surface area contributed by atoms with Gasteiger partial charge in [0.2, 0.25) is 0 Å². The van der Waals surface area contributed by atoms with Crippen molar-refractivity contribution in [3.8, 4) is 6.07 Å². The van der Waals surface area contributed by atoms with Crippen molar-refractivity contribution in [2.75, 3.05) is 33.2 Å². The second kappa shape index (κ2) is 6.36. The summed E-state index contributed by atoms with van der Waals surface area (Å²) < 4.78 is 0. The number of hydrogen-bond acceptors (Lipinski definition) is 4. The average Bonchev–Trinajstić information content (AvgIpc) is 2.61. The van der Waals surface area contributed by atoms with Crippen LogP contribution in [0.2, 0.25) is 0 Å². The molecule has 0 bridgehead atoms. The lowest BCUT2D eigenvalue weighted by molar-refractivity contribution is 0.176. The molecule has 2 rings (SSSR count). The zero-order valence-corrected chi connectivity index (χ0v) is 12.4. The minimum Gasteiger partial charge on any atom is -0.309 e. The third-order valence-corrected chi connectivity index (χ3v) is 4.13. The Labute approximate surface area is 121 Å². The lowest BCUT2D eigenvalue weighted by atomic mass is 9.91. The van der Waals surface area contributed by atoms with Crippen LogP contribution in [0.1, 0.15) is 18.9 Å². The molecule has 1 aliphatic rings. The Hall–Kier alpha value is -1.41. The topological polar surface area (TPSA) is 56.3 Å². The van der Waals surface area contributed by atoms with Crippen molar-refractivity contribution in [3.63, 3.8) is 0 Å². The fourth-order valence-electron chi connectivity index (χ4n) is 2.90. The molecule has 108 valence electrons. The molecule has 1 aromatic carbocycles. The molecule has 4 heteroatoms. The van der Waals surface area contributed by atoms with Gasteiger partial charge in [-0.15, -0.1) is 0 Å². The maximum Gasteiger partial charge on any atom is 0.142 e. The van der Waals surface area contributed by atoms with Crippen molar-refractivity contribution in [3.05, 3.63) is 35.9 Å². The average molecular weight is 272 g/mol. The third kappa shape index (κ3) is 3.37. The van der Waals surface area contributed by atoms with Crippen LogP contribution in [0, 0.1) is 11.3 Å². The van der Waals surface area contributed by atoms with Crippen molar-refractivity contribution < 1.29 is 0 Å². The highest BCUT2D eigenvalue weighted by Gasteiger charge is 2.32. The van der Waals surface area contributed by atoms with Gasteiger partial charge < -0.3 is 10.6 Å². The van der Waals surface area contributed by atoms with Gasteiger partial charge in [0.05, 0.1) is 6.07 Å². The Morgan fingerprint density at radius 1 is 1.35 bits per heavy atom. The van der Waals surface area contributed by atoms with Gasteiger partial charge in [-0.25, -0.2) is 0 Å². The van der Waals surface area contributed by atoms with E-state index in [9.17, 15) is 5.26 Å². The molecule has 0 amide bonds. The molecule has 0 aromatic heterocycles. The Morgan fingerprint density at radius 2 is 2.05 bits per heavy atom. The molecule has 1 heterocycles. The van der Waals surface area contributed by atoms with Gasteiger partial charge in [-0.05, 0) is 39.0 Å². The first-order chi connectivity index (χ1) is 9.55. The van der Waals surface area contributed by atoms with Crippen LogP contribution in [0.5, 0.6) is 0 Å². The number of hydrogen-bond donors (Lipinski definition) is 1. The van der Waals surface area contributed by atoms with Crippen LogP contribution in [0.15, 0.2) is 30.3 Å². The molecular formula is C16H24N4. The van der Waals surface area contributed by atoms with E-state index in [-0.39, 0.29) is 0 Å². The summed E-state index contributed by atoms with van der Waals surface area (Å²) in [4.78, 5) is 4.69. The summed E-state index contributed by atoms with van der Waals surface area (Å²) in [5.74, 6) is 0. The van der Waals surface area contributed by atoms with Gasteiger partial charge in [0.15, 0.2) is 0 Å². The highest BCUT2D eigenvalue weighted by atomic mass is 15.2. The summed E-state index contributed by atoms with van der Waals surface area (Å²) in [7, 11) is 2.15. The van der Waals surface area contributed by atoms with Gasteiger partial charge in [0, 0.05) is 19.1 Å². The number of nitrogens with zero attached hydrogens (tertiary/aromatic N) is 3. The van der Waals surface area contributed by atoms with Crippen molar-refractivity contribution >= 4 is 0 Å². The van der Waals surface area contributed by atoms with E-state index in [4.69, 9.17) is 5.73 Å². The lowest BCUT2D eigenvalue weighted by Crippen LogP contribution is -2.50. The summed E-state index contributed by atoms with van der Waals surface area (Å²) >= 11 is 0. The highest BCUT2D eigenvalue weighted by Crippen LogP contribution is 2.21. The first-order valence-electron chi connectivity index (χ1n) is 7.23. The Kier molecular flexibility index (Phi) is 4.77. The molecule has 2 unspecified atom stereocenters. The summed E-state index contributed by atoms with van der Waals surface area (Å²) in [6.07, 6.45) is 1.12. The summed E-state index contributed by atoms with van der Waals surface area (Å²) in [5, 5.41) is 9.57. The van der Waals surface area contributed by atoms with Crippen LogP contribution in [0.4, 0.5) is 0 Å². The molecule has 0 saturated carbocycles. The van der Waals surface area contributed by atoms with E-state index >= 15 is 0 Å². The Morgan fingerprint density at radius 3 is 2.70 bits per heavy atom. The minimum absolute atomic E-state index is 0.419. The number of nitrogens with two attached hydrogens (primary N) is 1. The SMILES string of the molecule is CC1CN(C)CCCN1CC(N)(C#N)c1ccccc1. The van der Waals surface area contributed by atoms with Crippen LogP contribution in [-0.2, 0) is 5.54 Å². The maximum atomic E-state index is 9.57.